The van der Waals surface area contributed by atoms with Gasteiger partial charge in [-0.15, -0.1) is 0 Å². The standard InChI is InChI=1S/C18H27N3O5/c1-6-26-18(24)21-9-7-20(8-10-21)13(4)16(22)15-11(2)14(12(3)19-15)17(23)25-5/h13,19H,6-10H2,1-5H3/t13-/m0/s1. The summed E-state index contributed by atoms with van der Waals surface area (Å²) >= 11 is 0. The Bertz CT molecular complexity index is 689. The minimum Gasteiger partial charge on any atom is -0.465 e. The molecule has 0 bridgehead atoms. The lowest BCUT2D eigenvalue weighted by Gasteiger charge is -2.36. The van der Waals surface area contributed by atoms with E-state index in [2.05, 4.69) is 4.98 Å². The number of amides is 1. The number of carbonyl (C=O) groups excluding carboxylic acids is 3. The first-order valence-corrected chi connectivity index (χ1v) is 8.79. The van der Waals surface area contributed by atoms with Crippen LogP contribution in [0.3, 0.4) is 0 Å². The maximum atomic E-state index is 12.9. The van der Waals surface area contributed by atoms with Crippen molar-refractivity contribution >= 4 is 17.8 Å². The van der Waals surface area contributed by atoms with E-state index in [0.29, 0.717) is 55.3 Å². The highest BCUT2D eigenvalue weighted by molar-refractivity contribution is 6.03. The molecule has 8 heteroatoms. The number of aryl methyl sites for hydroxylation is 1. The summed E-state index contributed by atoms with van der Waals surface area (Å²) < 4.78 is 9.80. The first kappa shape index (κ1) is 20.0. The highest BCUT2D eigenvalue weighted by atomic mass is 16.6. The van der Waals surface area contributed by atoms with Crippen LogP contribution >= 0.6 is 0 Å². The Morgan fingerprint density at radius 2 is 1.77 bits per heavy atom. The monoisotopic (exact) mass is 365 g/mol. The normalized spacial score (nSPS) is 16.3. The molecule has 0 saturated carbocycles. The predicted molar refractivity (Wildman–Crippen MR) is 95.6 cm³/mol. The maximum Gasteiger partial charge on any atom is 0.409 e. The molecule has 1 aliphatic heterocycles. The fraction of sp³-hybridized carbons (Fsp3) is 0.611. The number of ether oxygens (including phenoxy) is 2. The second-order valence-electron chi connectivity index (χ2n) is 6.38. The van der Waals surface area contributed by atoms with Crippen molar-refractivity contribution in [3.63, 3.8) is 0 Å². The van der Waals surface area contributed by atoms with Crippen LogP contribution in [-0.2, 0) is 9.47 Å². The first-order chi connectivity index (χ1) is 12.3. The van der Waals surface area contributed by atoms with Crippen LogP contribution in [-0.4, -0.2) is 78.6 Å². The number of H-pyrrole nitrogens is 1. The Labute approximate surface area is 153 Å². The molecule has 0 aromatic carbocycles. The number of hydrogen-bond acceptors (Lipinski definition) is 6. The first-order valence-electron chi connectivity index (χ1n) is 8.79. The molecule has 0 unspecified atom stereocenters. The van der Waals surface area contributed by atoms with Gasteiger partial charge >= 0.3 is 12.1 Å². The van der Waals surface area contributed by atoms with E-state index in [1.165, 1.54) is 7.11 Å². The molecular formula is C18H27N3O5. The minimum atomic E-state index is -0.453. The Morgan fingerprint density at radius 3 is 2.31 bits per heavy atom. The fourth-order valence-electron chi connectivity index (χ4n) is 3.29. The molecule has 0 spiro atoms. The Kier molecular flexibility index (Phi) is 6.42. The topological polar surface area (TPSA) is 91.9 Å². The van der Waals surface area contributed by atoms with E-state index in [4.69, 9.17) is 9.47 Å². The second-order valence-corrected chi connectivity index (χ2v) is 6.38. The van der Waals surface area contributed by atoms with E-state index in [-0.39, 0.29) is 17.9 Å². The fourth-order valence-corrected chi connectivity index (χ4v) is 3.29. The number of methoxy groups -OCH3 is 1. The van der Waals surface area contributed by atoms with E-state index in [1.54, 1.807) is 25.7 Å². The summed E-state index contributed by atoms with van der Waals surface area (Å²) in [5.74, 6) is -0.531. The highest BCUT2D eigenvalue weighted by Gasteiger charge is 2.31. The summed E-state index contributed by atoms with van der Waals surface area (Å²) in [6.45, 7) is 9.69. The summed E-state index contributed by atoms with van der Waals surface area (Å²) in [6.07, 6.45) is -0.315. The molecule has 8 nitrogen and oxygen atoms in total. The number of esters is 1. The minimum absolute atomic E-state index is 0.0784. The summed E-state index contributed by atoms with van der Waals surface area (Å²) in [7, 11) is 1.32. The molecule has 1 N–H and O–H groups in total. The highest BCUT2D eigenvalue weighted by Crippen LogP contribution is 2.21. The molecule has 26 heavy (non-hydrogen) atoms. The summed E-state index contributed by atoms with van der Waals surface area (Å²) in [5, 5.41) is 0. The SMILES string of the molecule is CCOC(=O)N1CCN([C@@H](C)C(=O)c2[nH]c(C)c(C(=O)OC)c2C)CC1. The van der Waals surface area contributed by atoms with Crippen LogP contribution in [0, 0.1) is 13.8 Å². The number of Topliss-reactive ketones (excluding diaryl/α,β-unsaturated/α-hetero) is 1. The van der Waals surface area contributed by atoms with Crippen LogP contribution in [0.5, 0.6) is 0 Å². The number of nitrogens with one attached hydrogen (secondary N) is 1. The number of nitrogens with zero attached hydrogens (tertiary/aromatic N) is 2. The number of aromatic amines is 1. The molecule has 2 heterocycles. The van der Waals surface area contributed by atoms with E-state index < -0.39 is 5.97 Å². The van der Waals surface area contributed by atoms with Gasteiger partial charge in [0.25, 0.3) is 0 Å². The van der Waals surface area contributed by atoms with Gasteiger partial charge in [0.1, 0.15) is 0 Å². The maximum absolute atomic E-state index is 12.9. The molecule has 1 atom stereocenters. The zero-order chi connectivity index (χ0) is 19.4. The van der Waals surface area contributed by atoms with E-state index >= 15 is 0 Å². The van der Waals surface area contributed by atoms with Gasteiger partial charge < -0.3 is 19.4 Å². The van der Waals surface area contributed by atoms with Gasteiger partial charge in [-0.3, -0.25) is 9.69 Å². The van der Waals surface area contributed by atoms with Crippen LogP contribution in [0.2, 0.25) is 0 Å². The van der Waals surface area contributed by atoms with Crippen molar-refractivity contribution in [2.75, 3.05) is 39.9 Å². The molecule has 1 amide bonds. The van der Waals surface area contributed by atoms with Crippen molar-refractivity contribution in [3.05, 3.63) is 22.5 Å². The predicted octanol–water partition coefficient (Wildman–Crippen LogP) is 1.76. The van der Waals surface area contributed by atoms with Gasteiger partial charge in [-0.05, 0) is 33.3 Å². The third-order valence-electron chi connectivity index (χ3n) is 4.84. The van der Waals surface area contributed by atoms with Crippen molar-refractivity contribution < 1.29 is 23.9 Å². The van der Waals surface area contributed by atoms with Gasteiger partial charge in [0, 0.05) is 31.9 Å². The molecule has 0 radical (unpaired) electrons. The molecule has 1 aromatic rings. The van der Waals surface area contributed by atoms with E-state index in [9.17, 15) is 14.4 Å². The third kappa shape index (κ3) is 3.90. The largest absolute Gasteiger partial charge is 0.465 e. The van der Waals surface area contributed by atoms with Gasteiger partial charge in [0.05, 0.1) is 31.0 Å². The lowest BCUT2D eigenvalue weighted by Crippen LogP contribution is -2.53. The zero-order valence-electron chi connectivity index (χ0n) is 16.0. The van der Waals surface area contributed by atoms with Crippen molar-refractivity contribution in [1.82, 2.24) is 14.8 Å². The van der Waals surface area contributed by atoms with Crippen LogP contribution in [0.1, 0.15) is 46.0 Å². The van der Waals surface area contributed by atoms with Gasteiger partial charge in [-0.1, -0.05) is 0 Å². The van der Waals surface area contributed by atoms with Crippen molar-refractivity contribution in [2.45, 2.75) is 33.7 Å². The number of piperazine rings is 1. The van der Waals surface area contributed by atoms with Crippen LogP contribution in [0.15, 0.2) is 0 Å². The molecule has 1 aromatic heterocycles. The lowest BCUT2D eigenvalue weighted by molar-refractivity contribution is 0.0595. The van der Waals surface area contributed by atoms with Gasteiger partial charge in [0.15, 0.2) is 5.78 Å². The second kappa shape index (κ2) is 8.35. The molecule has 1 saturated heterocycles. The van der Waals surface area contributed by atoms with Crippen LogP contribution in [0.25, 0.3) is 0 Å². The molecule has 0 aliphatic carbocycles. The number of rotatable bonds is 5. The van der Waals surface area contributed by atoms with Gasteiger partial charge in [0.2, 0.25) is 0 Å². The van der Waals surface area contributed by atoms with Crippen molar-refractivity contribution in [3.8, 4) is 0 Å². The molecule has 1 fully saturated rings. The van der Waals surface area contributed by atoms with E-state index in [1.807, 2.05) is 11.8 Å². The number of ketones is 1. The Hall–Kier alpha value is -2.35. The molecular weight excluding hydrogens is 338 g/mol. The van der Waals surface area contributed by atoms with Crippen molar-refractivity contribution in [2.24, 2.45) is 0 Å². The summed E-state index contributed by atoms with van der Waals surface area (Å²) in [6, 6.07) is -0.360. The smallest absolute Gasteiger partial charge is 0.409 e. The Balaban J connectivity index is 2.07. The third-order valence-corrected chi connectivity index (χ3v) is 4.84. The van der Waals surface area contributed by atoms with Crippen molar-refractivity contribution in [1.29, 1.82) is 0 Å². The van der Waals surface area contributed by atoms with E-state index in [0.717, 1.165) is 0 Å². The molecule has 2 rings (SSSR count). The number of carbonyl (C=O) groups is 3. The quantitative estimate of drug-likeness (QED) is 0.631. The summed E-state index contributed by atoms with van der Waals surface area (Å²) in [5.41, 5.74) is 2.08. The van der Waals surface area contributed by atoms with Crippen LogP contribution < -0.4 is 0 Å². The average Bonchev–Trinajstić information content (AvgIpc) is 2.94. The Morgan fingerprint density at radius 1 is 1.15 bits per heavy atom. The zero-order valence-corrected chi connectivity index (χ0v) is 16.0. The molecule has 144 valence electrons. The van der Waals surface area contributed by atoms with Crippen LogP contribution in [0.4, 0.5) is 4.79 Å². The summed E-state index contributed by atoms with van der Waals surface area (Å²) in [4.78, 5) is 43.3. The number of aromatic nitrogens is 1. The van der Waals surface area contributed by atoms with Gasteiger partial charge in [-0.2, -0.15) is 0 Å². The van der Waals surface area contributed by atoms with Gasteiger partial charge in [-0.25, -0.2) is 9.59 Å². The lowest BCUT2D eigenvalue weighted by atomic mass is 10.0. The average molecular weight is 365 g/mol. The number of hydrogen-bond donors (Lipinski definition) is 1. The molecule has 1 aliphatic rings.